The average Bonchev–Trinajstić information content (AvgIpc) is 2.72. The molecule has 1 unspecified atom stereocenters. The van der Waals surface area contributed by atoms with Gasteiger partial charge in [0.25, 0.3) is 0 Å². The smallest absolute Gasteiger partial charge is 0.246 e. The van der Waals surface area contributed by atoms with E-state index in [0.29, 0.717) is 13.1 Å². The minimum Gasteiger partial charge on any atom is -0.324 e. The first kappa shape index (κ1) is 21.5. The Kier molecular flexibility index (Phi) is 7.45. The molecule has 0 radical (unpaired) electrons. The van der Waals surface area contributed by atoms with Crippen LogP contribution in [0.5, 0.6) is 0 Å². The van der Waals surface area contributed by atoms with Gasteiger partial charge in [-0.05, 0) is 36.1 Å². The summed E-state index contributed by atoms with van der Waals surface area (Å²) in [6.07, 6.45) is 4.66. The fourth-order valence-electron chi connectivity index (χ4n) is 3.69. The number of unbranched alkanes of at least 4 members (excludes halogenated alkanes) is 2. The zero-order valence-electron chi connectivity index (χ0n) is 17.0. The molecule has 0 bridgehead atoms. The number of sulfone groups is 1. The summed E-state index contributed by atoms with van der Waals surface area (Å²) in [5.41, 5.74) is 2.91. The summed E-state index contributed by atoms with van der Waals surface area (Å²) < 4.78 is 23.6. The minimum atomic E-state index is -3.00. The normalized spacial score (nSPS) is 17.6. The number of hydrogen-bond donors (Lipinski definition) is 1. The molecule has 29 heavy (non-hydrogen) atoms. The van der Waals surface area contributed by atoms with Crippen molar-refractivity contribution >= 4 is 21.4 Å². The van der Waals surface area contributed by atoms with Crippen molar-refractivity contribution in [2.45, 2.75) is 38.6 Å². The molecule has 1 fully saturated rings. The summed E-state index contributed by atoms with van der Waals surface area (Å²) in [5, 5.41) is 3.02. The Bertz CT molecular complexity index is 881. The summed E-state index contributed by atoms with van der Waals surface area (Å²) in [5.74, 6) is 0.0563. The Morgan fingerprint density at radius 2 is 1.66 bits per heavy atom. The molecule has 0 saturated carbocycles. The van der Waals surface area contributed by atoms with Crippen molar-refractivity contribution in [3.63, 3.8) is 0 Å². The van der Waals surface area contributed by atoms with Gasteiger partial charge in [-0.1, -0.05) is 62.2 Å². The highest BCUT2D eigenvalue weighted by atomic mass is 32.2. The largest absolute Gasteiger partial charge is 0.324 e. The van der Waals surface area contributed by atoms with Gasteiger partial charge in [0.15, 0.2) is 9.84 Å². The molecule has 0 aliphatic carbocycles. The first-order chi connectivity index (χ1) is 14.0. The molecule has 1 aliphatic heterocycles. The zero-order chi connectivity index (χ0) is 20.7. The van der Waals surface area contributed by atoms with Gasteiger partial charge in [-0.2, -0.15) is 0 Å². The van der Waals surface area contributed by atoms with Gasteiger partial charge in [0.05, 0.1) is 11.5 Å². The van der Waals surface area contributed by atoms with E-state index in [9.17, 15) is 13.2 Å². The van der Waals surface area contributed by atoms with Gasteiger partial charge in [-0.25, -0.2) is 8.42 Å². The molecule has 1 heterocycles. The van der Waals surface area contributed by atoms with Gasteiger partial charge < -0.3 is 5.32 Å². The van der Waals surface area contributed by atoms with Crippen molar-refractivity contribution in [1.29, 1.82) is 0 Å². The molecule has 0 spiro atoms. The summed E-state index contributed by atoms with van der Waals surface area (Å²) in [7, 11) is -3.00. The highest BCUT2D eigenvalue weighted by Gasteiger charge is 2.32. The Hall–Kier alpha value is -2.18. The summed E-state index contributed by atoms with van der Waals surface area (Å²) in [6.45, 7) is 2.93. The Labute approximate surface area is 174 Å². The number of carbonyl (C=O) groups excluding carboxylic acids is 1. The molecular formula is C23H30N2O3S. The lowest BCUT2D eigenvalue weighted by Crippen LogP contribution is -2.46. The van der Waals surface area contributed by atoms with Gasteiger partial charge in [0, 0.05) is 18.8 Å². The summed E-state index contributed by atoms with van der Waals surface area (Å²) >= 11 is 0. The van der Waals surface area contributed by atoms with E-state index in [-0.39, 0.29) is 17.4 Å². The molecule has 1 N–H and O–H groups in total. The fraction of sp³-hybridized carbons (Fsp3) is 0.435. The van der Waals surface area contributed by atoms with Crippen LogP contribution < -0.4 is 5.32 Å². The number of nitrogens with one attached hydrogen (secondary N) is 1. The Morgan fingerprint density at radius 1 is 1.00 bits per heavy atom. The van der Waals surface area contributed by atoms with Crippen molar-refractivity contribution < 1.29 is 13.2 Å². The average molecular weight is 415 g/mol. The number of hydrogen-bond acceptors (Lipinski definition) is 4. The number of aryl methyl sites for hydroxylation is 1. The monoisotopic (exact) mass is 414 g/mol. The van der Waals surface area contributed by atoms with Crippen LogP contribution in [0.4, 0.5) is 5.69 Å². The maximum atomic E-state index is 13.2. The lowest BCUT2D eigenvalue weighted by atomic mass is 10.0. The first-order valence-electron chi connectivity index (χ1n) is 10.4. The SMILES string of the molecule is CCCCCc1ccc(NC(=O)C(c2ccccc2)N2CCS(=O)(=O)CC2)cc1. The second kappa shape index (κ2) is 10.0. The third-order valence-corrected chi connectivity index (χ3v) is 7.01. The summed E-state index contributed by atoms with van der Waals surface area (Å²) in [4.78, 5) is 15.1. The lowest BCUT2D eigenvalue weighted by molar-refractivity contribution is -0.121. The quantitative estimate of drug-likeness (QED) is 0.667. The van der Waals surface area contributed by atoms with Gasteiger partial charge in [-0.15, -0.1) is 0 Å². The van der Waals surface area contributed by atoms with Crippen LogP contribution in [0.1, 0.15) is 43.4 Å². The third kappa shape index (κ3) is 6.15. The van der Waals surface area contributed by atoms with E-state index in [2.05, 4.69) is 24.4 Å². The van der Waals surface area contributed by atoms with E-state index in [1.54, 1.807) is 0 Å². The molecule has 156 valence electrons. The number of amides is 1. The van der Waals surface area contributed by atoms with Crippen molar-refractivity contribution in [3.05, 3.63) is 65.7 Å². The van der Waals surface area contributed by atoms with E-state index in [0.717, 1.165) is 17.7 Å². The molecule has 1 aliphatic rings. The van der Waals surface area contributed by atoms with Crippen LogP contribution in [0, 0.1) is 0 Å². The van der Waals surface area contributed by atoms with Crippen molar-refractivity contribution in [2.75, 3.05) is 29.9 Å². The number of anilines is 1. The third-order valence-electron chi connectivity index (χ3n) is 5.40. The zero-order valence-corrected chi connectivity index (χ0v) is 17.8. The Balaban J connectivity index is 1.71. The maximum Gasteiger partial charge on any atom is 0.246 e. The van der Waals surface area contributed by atoms with Crippen LogP contribution in [0.15, 0.2) is 54.6 Å². The maximum absolute atomic E-state index is 13.2. The van der Waals surface area contributed by atoms with Crippen LogP contribution in [-0.2, 0) is 21.1 Å². The predicted molar refractivity (Wildman–Crippen MR) is 118 cm³/mol. The number of rotatable bonds is 8. The lowest BCUT2D eigenvalue weighted by Gasteiger charge is -2.33. The van der Waals surface area contributed by atoms with Gasteiger partial charge in [-0.3, -0.25) is 9.69 Å². The predicted octanol–water partition coefficient (Wildman–Crippen LogP) is 3.83. The van der Waals surface area contributed by atoms with Crippen molar-refractivity contribution in [2.24, 2.45) is 0 Å². The molecule has 0 aromatic heterocycles. The van der Waals surface area contributed by atoms with Gasteiger partial charge in [0.2, 0.25) is 5.91 Å². The van der Waals surface area contributed by atoms with Crippen LogP contribution in [0.2, 0.25) is 0 Å². The number of carbonyl (C=O) groups is 1. The fourth-order valence-corrected chi connectivity index (χ4v) is 4.92. The van der Waals surface area contributed by atoms with Crippen LogP contribution in [-0.4, -0.2) is 43.8 Å². The molecule has 1 saturated heterocycles. The van der Waals surface area contributed by atoms with Crippen LogP contribution >= 0.6 is 0 Å². The van der Waals surface area contributed by atoms with E-state index in [4.69, 9.17) is 0 Å². The van der Waals surface area contributed by atoms with Crippen molar-refractivity contribution in [1.82, 2.24) is 4.90 Å². The highest BCUT2D eigenvalue weighted by molar-refractivity contribution is 7.91. The molecule has 6 heteroatoms. The molecule has 5 nitrogen and oxygen atoms in total. The first-order valence-corrected chi connectivity index (χ1v) is 12.2. The molecule has 2 aromatic rings. The second-order valence-corrected chi connectivity index (χ2v) is 9.95. The highest BCUT2D eigenvalue weighted by Crippen LogP contribution is 2.25. The van der Waals surface area contributed by atoms with Crippen LogP contribution in [0.3, 0.4) is 0 Å². The number of nitrogens with zero attached hydrogens (tertiary/aromatic N) is 1. The second-order valence-electron chi connectivity index (χ2n) is 7.64. The standard InChI is InChI=1S/C23H30N2O3S/c1-2-3-5-8-19-11-13-21(14-12-19)24-23(26)22(20-9-6-4-7-10-20)25-15-17-29(27,28)18-16-25/h4,6-7,9-14,22H,2-3,5,8,15-18H2,1H3,(H,24,26). The number of benzene rings is 2. The van der Waals surface area contributed by atoms with E-state index < -0.39 is 15.9 Å². The van der Waals surface area contributed by atoms with E-state index >= 15 is 0 Å². The van der Waals surface area contributed by atoms with Crippen molar-refractivity contribution in [3.8, 4) is 0 Å². The van der Waals surface area contributed by atoms with E-state index in [1.807, 2.05) is 47.4 Å². The Morgan fingerprint density at radius 3 is 2.28 bits per heavy atom. The molecule has 3 rings (SSSR count). The van der Waals surface area contributed by atoms with E-state index in [1.165, 1.54) is 24.8 Å². The van der Waals surface area contributed by atoms with Gasteiger partial charge >= 0.3 is 0 Å². The van der Waals surface area contributed by atoms with Crippen LogP contribution in [0.25, 0.3) is 0 Å². The molecule has 1 amide bonds. The molecular weight excluding hydrogens is 384 g/mol. The summed E-state index contributed by atoms with van der Waals surface area (Å²) in [6, 6.07) is 17.1. The molecule has 2 aromatic carbocycles. The topological polar surface area (TPSA) is 66.5 Å². The van der Waals surface area contributed by atoms with Gasteiger partial charge in [0.1, 0.15) is 6.04 Å². The minimum absolute atomic E-state index is 0.0933. The molecule has 1 atom stereocenters.